The van der Waals surface area contributed by atoms with Crippen molar-refractivity contribution in [2.75, 3.05) is 13.1 Å². The Morgan fingerprint density at radius 2 is 1.62 bits per heavy atom. The van der Waals surface area contributed by atoms with Gasteiger partial charge in [-0.3, -0.25) is 0 Å². The highest BCUT2D eigenvalue weighted by Crippen LogP contribution is 2.21. The molecule has 7 nitrogen and oxygen atoms in total. The van der Waals surface area contributed by atoms with Crippen LogP contribution in [-0.2, 0) is 20.0 Å². The summed E-state index contributed by atoms with van der Waals surface area (Å²) in [6, 6.07) is 5.19. The lowest BCUT2D eigenvalue weighted by Gasteiger charge is -2.35. The molecule has 1 saturated heterocycles. The van der Waals surface area contributed by atoms with Gasteiger partial charge in [-0.1, -0.05) is 6.07 Å². The minimum Gasteiger partial charge on any atom is -0.309 e. The van der Waals surface area contributed by atoms with E-state index in [4.69, 9.17) is 5.14 Å². The summed E-state index contributed by atoms with van der Waals surface area (Å²) < 4.78 is 49.3. The van der Waals surface area contributed by atoms with E-state index in [9.17, 15) is 16.8 Å². The smallest absolute Gasteiger partial charge is 0.243 e. The summed E-state index contributed by atoms with van der Waals surface area (Å²) in [5, 5.41) is 8.29. The van der Waals surface area contributed by atoms with Gasteiger partial charge in [-0.25, -0.2) is 22.0 Å². The monoisotopic (exact) mass is 333 g/mol. The molecule has 0 spiro atoms. The van der Waals surface area contributed by atoms with Crippen LogP contribution in [0.2, 0.25) is 0 Å². The molecule has 1 aromatic carbocycles. The van der Waals surface area contributed by atoms with Gasteiger partial charge in [0, 0.05) is 25.2 Å². The van der Waals surface area contributed by atoms with Crippen LogP contribution in [0.4, 0.5) is 0 Å². The largest absolute Gasteiger partial charge is 0.309 e. The molecule has 21 heavy (non-hydrogen) atoms. The van der Waals surface area contributed by atoms with Crippen molar-refractivity contribution in [3.05, 3.63) is 24.3 Å². The lowest BCUT2D eigenvalue weighted by molar-refractivity contribution is 0.263. The van der Waals surface area contributed by atoms with Crippen LogP contribution in [0.25, 0.3) is 0 Å². The standard InChI is InChI=1S/C12H19N3O4S2/c1-9-7-15(8-10(2)14-9)21(18,19)12-5-3-4-11(6-12)20(13,16)17/h3-6,9-10,14H,7-8H2,1-2H3,(H2,13,16,17). The van der Waals surface area contributed by atoms with Crippen molar-refractivity contribution in [2.24, 2.45) is 5.14 Å². The van der Waals surface area contributed by atoms with Crippen LogP contribution in [0, 0.1) is 0 Å². The lowest BCUT2D eigenvalue weighted by Crippen LogP contribution is -2.55. The van der Waals surface area contributed by atoms with Gasteiger partial charge < -0.3 is 5.32 Å². The fourth-order valence-electron chi connectivity index (χ4n) is 2.43. The number of primary sulfonamides is 1. The van der Waals surface area contributed by atoms with Crippen LogP contribution in [0.5, 0.6) is 0 Å². The highest BCUT2D eigenvalue weighted by Gasteiger charge is 2.31. The number of hydrogen-bond acceptors (Lipinski definition) is 5. The summed E-state index contributed by atoms with van der Waals surface area (Å²) in [4.78, 5) is -0.268. The van der Waals surface area contributed by atoms with Gasteiger partial charge in [0.1, 0.15) is 0 Å². The normalized spacial score (nSPS) is 24.9. The molecule has 2 unspecified atom stereocenters. The van der Waals surface area contributed by atoms with Gasteiger partial charge in [-0.2, -0.15) is 4.31 Å². The van der Waals surface area contributed by atoms with Crippen LogP contribution in [0.1, 0.15) is 13.8 Å². The van der Waals surface area contributed by atoms with E-state index < -0.39 is 20.0 Å². The van der Waals surface area contributed by atoms with E-state index in [1.54, 1.807) is 0 Å². The number of hydrogen-bond donors (Lipinski definition) is 2. The van der Waals surface area contributed by atoms with E-state index in [-0.39, 0.29) is 21.9 Å². The second-order valence-corrected chi connectivity index (χ2v) is 8.81. The molecule has 0 amide bonds. The number of nitrogens with zero attached hydrogens (tertiary/aromatic N) is 1. The maximum atomic E-state index is 12.6. The van der Waals surface area contributed by atoms with Crippen molar-refractivity contribution < 1.29 is 16.8 Å². The average molecular weight is 333 g/mol. The Hall–Kier alpha value is -1.00. The zero-order chi connectivity index (χ0) is 15.8. The van der Waals surface area contributed by atoms with Crippen molar-refractivity contribution in [3.8, 4) is 0 Å². The van der Waals surface area contributed by atoms with Crippen molar-refractivity contribution in [3.63, 3.8) is 0 Å². The number of nitrogens with two attached hydrogens (primary N) is 1. The Morgan fingerprint density at radius 3 is 2.14 bits per heavy atom. The molecule has 2 rings (SSSR count). The molecule has 9 heteroatoms. The molecule has 0 bridgehead atoms. The second-order valence-electron chi connectivity index (χ2n) is 5.31. The molecule has 3 N–H and O–H groups in total. The van der Waals surface area contributed by atoms with Crippen LogP contribution < -0.4 is 10.5 Å². The first-order chi connectivity index (χ1) is 9.60. The van der Waals surface area contributed by atoms with Gasteiger partial charge in [0.2, 0.25) is 20.0 Å². The zero-order valence-electron chi connectivity index (χ0n) is 11.9. The van der Waals surface area contributed by atoms with Crippen LogP contribution in [0.15, 0.2) is 34.1 Å². The van der Waals surface area contributed by atoms with Crippen molar-refractivity contribution in [1.29, 1.82) is 0 Å². The first-order valence-electron chi connectivity index (χ1n) is 6.50. The molecule has 0 aromatic heterocycles. The van der Waals surface area contributed by atoms with Gasteiger partial charge in [-0.15, -0.1) is 0 Å². The first-order valence-corrected chi connectivity index (χ1v) is 9.48. The van der Waals surface area contributed by atoms with E-state index in [0.717, 1.165) is 6.07 Å². The fourth-order valence-corrected chi connectivity index (χ4v) is 4.73. The Kier molecular flexibility index (Phi) is 4.41. The molecule has 118 valence electrons. The SMILES string of the molecule is CC1CN(S(=O)(=O)c2cccc(S(N)(=O)=O)c2)CC(C)N1. The Morgan fingerprint density at radius 1 is 1.10 bits per heavy atom. The number of rotatable bonds is 3. The van der Waals surface area contributed by atoms with Gasteiger partial charge in [0.25, 0.3) is 0 Å². The summed E-state index contributed by atoms with van der Waals surface area (Å²) in [7, 11) is -7.67. The molecule has 2 atom stereocenters. The minimum absolute atomic E-state index is 0.0324. The van der Waals surface area contributed by atoms with Gasteiger partial charge in [-0.05, 0) is 32.0 Å². The predicted octanol–water partition coefficient (Wildman–Crippen LogP) is -0.295. The Bertz CT molecular complexity index is 721. The summed E-state index contributed by atoms with van der Waals surface area (Å²) in [6.07, 6.45) is 0. The third-order valence-corrected chi connectivity index (χ3v) is 6.03. The zero-order valence-corrected chi connectivity index (χ0v) is 13.5. The molecule has 1 fully saturated rings. The van der Waals surface area contributed by atoms with Gasteiger partial charge in [0.15, 0.2) is 0 Å². The van der Waals surface area contributed by atoms with E-state index in [2.05, 4.69) is 5.32 Å². The van der Waals surface area contributed by atoms with Gasteiger partial charge in [0.05, 0.1) is 9.79 Å². The maximum absolute atomic E-state index is 12.6. The van der Waals surface area contributed by atoms with E-state index in [0.29, 0.717) is 13.1 Å². The third kappa shape index (κ3) is 3.61. The molecule has 0 saturated carbocycles. The summed E-state index contributed by atoms with van der Waals surface area (Å²) in [5.41, 5.74) is 0. The molecule has 1 aliphatic heterocycles. The second kappa shape index (κ2) is 5.65. The number of piperazine rings is 1. The molecule has 0 radical (unpaired) electrons. The summed E-state index contributed by atoms with van der Waals surface area (Å²) in [5.74, 6) is 0. The minimum atomic E-state index is -3.93. The van der Waals surface area contributed by atoms with Gasteiger partial charge >= 0.3 is 0 Å². The molecular formula is C12H19N3O4S2. The molecule has 1 heterocycles. The lowest BCUT2D eigenvalue weighted by atomic mass is 10.2. The first kappa shape index (κ1) is 16.4. The van der Waals surface area contributed by atoms with E-state index in [1.807, 2.05) is 13.8 Å². The Labute approximate surface area is 125 Å². The van der Waals surface area contributed by atoms with Crippen molar-refractivity contribution in [2.45, 2.75) is 35.7 Å². The van der Waals surface area contributed by atoms with E-state index in [1.165, 1.54) is 22.5 Å². The summed E-state index contributed by atoms with van der Waals surface area (Å²) in [6.45, 7) is 4.48. The number of sulfonamides is 2. The third-order valence-electron chi connectivity index (χ3n) is 3.30. The molecular weight excluding hydrogens is 314 g/mol. The molecule has 1 aromatic rings. The quantitative estimate of drug-likeness (QED) is 0.789. The summed E-state index contributed by atoms with van der Waals surface area (Å²) >= 11 is 0. The maximum Gasteiger partial charge on any atom is 0.243 e. The molecule has 1 aliphatic rings. The van der Waals surface area contributed by atoms with Crippen LogP contribution in [0.3, 0.4) is 0 Å². The van der Waals surface area contributed by atoms with Crippen molar-refractivity contribution in [1.82, 2.24) is 9.62 Å². The van der Waals surface area contributed by atoms with Crippen LogP contribution in [-0.4, -0.2) is 46.3 Å². The highest BCUT2D eigenvalue weighted by molar-refractivity contribution is 7.90. The highest BCUT2D eigenvalue weighted by atomic mass is 32.2. The molecule has 0 aliphatic carbocycles. The average Bonchev–Trinajstić information content (AvgIpc) is 2.36. The predicted molar refractivity (Wildman–Crippen MR) is 78.6 cm³/mol. The number of nitrogens with one attached hydrogen (secondary N) is 1. The number of benzene rings is 1. The van der Waals surface area contributed by atoms with Crippen molar-refractivity contribution >= 4 is 20.0 Å². The topological polar surface area (TPSA) is 110 Å². The van der Waals surface area contributed by atoms with E-state index >= 15 is 0 Å². The van der Waals surface area contributed by atoms with Crippen LogP contribution >= 0.6 is 0 Å². The Balaban J connectivity index is 2.40. The fraction of sp³-hybridized carbons (Fsp3) is 0.500.